The van der Waals surface area contributed by atoms with Crippen LogP contribution in [0.5, 0.6) is 0 Å². The highest BCUT2D eigenvalue weighted by Crippen LogP contribution is 2.24. The van der Waals surface area contributed by atoms with Crippen LogP contribution in [0, 0.1) is 10.1 Å². The quantitative estimate of drug-likeness (QED) is 0.536. The molecule has 0 bridgehead atoms. The van der Waals surface area contributed by atoms with E-state index in [0.717, 1.165) is 10.5 Å². The van der Waals surface area contributed by atoms with Gasteiger partial charge in [-0.2, -0.15) is 0 Å². The van der Waals surface area contributed by atoms with E-state index in [1.807, 2.05) is 0 Å². The summed E-state index contributed by atoms with van der Waals surface area (Å²) in [6.45, 7) is 1.52. The van der Waals surface area contributed by atoms with Gasteiger partial charge in [-0.05, 0) is 11.1 Å². The van der Waals surface area contributed by atoms with Crippen molar-refractivity contribution in [3.8, 4) is 0 Å². The monoisotopic (exact) mass is 234 g/mol. The normalized spacial score (nSPS) is 14.4. The Bertz CT molecular complexity index is 524. The summed E-state index contributed by atoms with van der Waals surface area (Å²) in [6, 6.07) is 4.37. The largest absolute Gasteiger partial charge is 0.278 e. The van der Waals surface area contributed by atoms with Gasteiger partial charge in [-0.1, -0.05) is 6.07 Å². The molecule has 1 aliphatic rings. The van der Waals surface area contributed by atoms with Crippen molar-refractivity contribution in [3.05, 3.63) is 39.4 Å². The molecule has 6 nitrogen and oxygen atoms in total. The first-order valence-corrected chi connectivity index (χ1v) is 5.06. The van der Waals surface area contributed by atoms with Gasteiger partial charge in [0.1, 0.15) is 0 Å². The Kier molecular flexibility index (Phi) is 2.63. The molecule has 1 aromatic carbocycles. The van der Waals surface area contributed by atoms with Crippen molar-refractivity contribution in [2.24, 2.45) is 0 Å². The lowest BCUT2D eigenvalue weighted by Crippen LogP contribution is -2.39. The van der Waals surface area contributed by atoms with Gasteiger partial charge in [0.25, 0.3) is 5.69 Å². The summed E-state index contributed by atoms with van der Waals surface area (Å²) in [7, 11) is 0. The molecule has 0 unspecified atom stereocenters. The van der Waals surface area contributed by atoms with E-state index in [-0.39, 0.29) is 30.5 Å². The minimum atomic E-state index is -0.498. The third-order valence-electron chi connectivity index (χ3n) is 2.75. The lowest BCUT2D eigenvalue weighted by atomic mass is 9.98. The van der Waals surface area contributed by atoms with E-state index in [9.17, 15) is 19.7 Å². The van der Waals surface area contributed by atoms with Crippen molar-refractivity contribution in [3.63, 3.8) is 0 Å². The number of fused-ring (bicyclic) bond motifs is 1. The molecule has 2 amide bonds. The molecule has 6 heteroatoms. The van der Waals surface area contributed by atoms with Crippen LogP contribution in [-0.4, -0.2) is 21.6 Å². The lowest BCUT2D eigenvalue weighted by molar-refractivity contribution is -0.384. The van der Waals surface area contributed by atoms with Gasteiger partial charge >= 0.3 is 0 Å². The number of hydrogen-bond acceptors (Lipinski definition) is 4. The molecule has 0 fully saturated rings. The summed E-state index contributed by atoms with van der Waals surface area (Å²) in [5.41, 5.74) is 1.37. The van der Waals surface area contributed by atoms with Crippen LogP contribution in [-0.2, 0) is 22.6 Å². The van der Waals surface area contributed by atoms with Crippen molar-refractivity contribution in [1.82, 2.24) is 4.90 Å². The number of amides is 2. The van der Waals surface area contributed by atoms with E-state index < -0.39 is 4.92 Å². The molecule has 17 heavy (non-hydrogen) atoms. The van der Waals surface area contributed by atoms with Crippen LogP contribution in [0.4, 0.5) is 5.69 Å². The van der Waals surface area contributed by atoms with Gasteiger partial charge < -0.3 is 0 Å². The molecule has 0 aliphatic carbocycles. The number of non-ortho nitro benzene ring substituents is 1. The highest BCUT2D eigenvalue weighted by molar-refractivity contribution is 5.96. The van der Waals surface area contributed by atoms with Crippen LogP contribution in [0.3, 0.4) is 0 Å². The SMILES string of the molecule is CC(=O)N1Cc2ccc([N+](=O)[O-])cc2CC1=O. The molecular formula is C11H10N2O4. The van der Waals surface area contributed by atoms with E-state index in [1.54, 1.807) is 6.07 Å². The molecule has 0 saturated carbocycles. The van der Waals surface area contributed by atoms with Crippen molar-refractivity contribution >= 4 is 17.5 Å². The van der Waals surface area contributed by atoms with Crippen molar-refractivity contribution in [1.29, 1.82) is 0 Å². The van der Waals surface area contributed by atoms with Gasteiger partial charge in [0.05, 0.1) is 17.9 Å². The molecule has 0 spiro atoms. The van der Waals surface area contributed by atoms with Gasteiger partial charge in [-0.15, -0.1) is 0 Å². The number of carbonyl (C=O) groups is 2. The van der Waals surface area contributed by atoms with E-state index in [2.05, 4.69) is 0 Å². The molecule has 1 aromatic rings. The maximum atomic E-state index is 11.6. The summed E-state index contributed by atoms with van der Waals surface area (Å²) in [4.78, 5) is 34.1. The summed E-state index contributed by atoms with van der Waals surface area (Å²) in [6.07, 6.45) is 0.0383. The fourth-order valence-corrected chi connectivity index (χ4v) is 1.85. The molecule has 0 saturated heterocycles. The lowest BCUT2D eigenvalue weighted by Gasteiger charge is -2.25. The van der Waals surface area contributed by atoms with Gasteiger partial charge in [-0.25, -0.2) is 0 Å². The number of carbonyl (C=O) groups excluding carboxylic acids is 2. The Hall–Kier alpha value is -2.24. The van der Waals surface area contributed by atoms with Crippen LogP contribution in [0.25, 0.3) is 0 Å². The number of nitro benzene ring substituents is 1. The molecule has 1 heterocycles. The number of imide groups is 1. The number of nitro groups is 1. The van der Waals surface area contributed by atoms with Gasteiger partial charge in [0, 0.05) is 19.1 Å². The fourth-order valence-electron chi connectivity index (χ4n) is 1.85. The molecule has 88 valence electrons. The minimum absolute atomic E-state index is 0.0344. The van der Waals surface area contributed by atoms with Crippen LogP contribution in [0.15, 0.2) is 18.2 Å². The fraction of sp³-hybridized carbons (Fsp3) is 0.273. The average molecular weight is 234 g/mol. The molecule has 0 N–H and O–H groups in total. The maximum absolute atomic E-state index is 11.6. The number of rotatable bonds is 1. The number of hydrogen-bond donors (Lipinski definition) is 0. The minimum Gasteiger partial charge on any atom is -0.278 e. The molecule has 0 aromatic heterocycles. The topological polar surface area (TPSA) is 80.5 Å². The maximum Gasteiger partial charge on any atom is 0.269 e. The van der Waals surface area contributed by atoms with E-state index in [0.29, 0.717) is 5.56 Å². The second-order valence-electron chi connectivity index (χ2n) is 3.89. The molecule has 0 atom stereocenters. The zero-order chi connectivity index (χ0) is 12.6. The zero-order valence-electron chi connectivity index (χ0n) is 9.17. The van der Waals surface area contributed by atoms with E-state index in [1.165, 1.54) is 19.1 Å². The van der Waals surface area contributed by atoms with Crippen molar-refractivity contribution in [2.75, 3.05) is 0 Å². The highest BCUT2D eigenvalue weighted by atomic mass is 16.6. The van der Waals surface area contributed by atoms with Gasteiger partial charge in [-0.3, -0.25) is 24.6 Å². The Morgan fingerprint density at radius 3 is 2.71 bits per heavy atom. The van der Waals surface area contributed by atoms with E-state index >= 15 is 0 Å². The predicted octanol–water partition coefficient (Wildman–Crippen LogP) is 1.03. The van der Waals surface area contributed by atoms with Crippen LogP contribution in [0.1, 0.15) is 18.1 Å². The van der Waals surface area contributed by atoms with E-state index in [4.69, 9.17) is 0 Å². The van der Waals surface area contributed by atoms with Gasteiger partial charge in [0.2, 0.25) is 11.8 Å². The summed E-state index contributed by atoms with van der Waals surface area (Å²) < 4.78 is 0. The number of nitrogens with zero attached hydrogens (tertiary/aromatic N) is 2. The zero-order valence-corrected chi connectivity index (χ0v) is 9.17. The molecule has 2 rings (SSSR count). The highest BCUT2D eigenvalue weighted by Gasteiger charge is 2.26. The van der Waals surface area contributed by atoms with Gasteiger partial charge in [0.15, 0.2) is 0 Å². The number of benzene rings is 1. The average Bonchev–Trinajstić information content (AvgIpc) is 2.26. The van der Waals surface area contributed by atoms with Crippen LogP contribution >= 0.6 is 0 Å². The first-order valence-electron chi connectivity index (χ1n) is 5.06. The smallest absolute Gasteiger partial charge is 0.269 e. The standard InChI is InChI=1S/C11H10N2O4/c1-7(14)12-6-8-2-3-10(13(16)17)4-9(8)5-11(12)15/h2-4H,5-6H2,1H3. The summed E-state index contributed by atoms with van der Waals surface area (Å²) >= 11 is 0. The Morgan fingerprint density at radius 1 is 1.41 bits per heavy atom. The molecular weight excluding hydrogens is 224 g/mol. The first kappa shape index (κ1) is 11.3. The Morgan fingerprint density at radius 2 is 2.12 bits per heavy atom. The Labute approximate surface area is 97.0 Å². The summed E-state index contributed by atoms with van der Waals surface area (Å²) in [5.74, 6) is -0.621. The third kappa shape index (κ3) is 2.01. The van der Waals surface area contributed by atoms with Crippen LogP contribution in [0.2, 0.25) is 0 Å². The molecule has 0 radical (unpaired) electrons. The second-order valence-corrected chi connectivity index (χ2v) is 3.89. The van der Waals surface area contributed by atoms with Crippen molar-refractivity contribution in [2.45, 2.75) is 19.9 Å². The molecule has 1 aliphatic heterocycles. The summed E-state index contributed by atoms with van der Waals surface area (Å²) in [5, 5.41) is 10.6. The van der Waals surface area contributed by atoms with Crippen molar-refractivity contribution < 1.29 is 14.5 Å². The predicted molar refractivity (Wildman–Crippen MR) is 58.0 cm³/mol. The first-order chi connectivity index (χ1) is 7.99. The second kappa shape index (κ2) is 3.97. The Balaban J connectivity index is 2.38. The third-order valence-corrected chi connectivity index (χ3v) is 2.75. The van der Waals surface area contributed by atoms with Crippen LogP contribution < -0.4 is 0 Å².